The van der Waals surface area contributed by atoms with Crippen molar-refractivity contribution in [1.82, 2.24) is 0 Å². The molecule has 0 radical (unpaired) electrons. The highest BCUT2D eigenvalue weighted by Crippen LogP contribution is 2.14. The molecular formula is C9H14N2O. The van der Waals surface area contributed by atoms with Crippen LogP contribution in [0.25, 0.3) is 0 Å². The van der Waals surface area contributed by atoms with Gasteiger partial charge in [-0.2, -0.15) is 0 Å². The van der Waals surface area contributed by atoms with Gasteiger partial charge >= 0.3 is 0 Å². The Hall–Kier alpha value is -1.06. The van der Waals surface area contributed by atoms with Crippen LogP contribution >= 0.6 is 0 Å². The van der Waals surface area contributed by atoms with Gasteiger partial charge < -0.3 is 16.6 Å². The predicted octanol–water partition coefficient (Wildman–Crippen LogP) is 0.262. The monoisotopic (exact) mass is 166 g/mol. The second-order valence-electron chi connectivity index (χ2n) is 2.71. The average Bonchev–Trinajstić information content (AvgIpc) is 2.09. The Balaban J connectivity index is 2.91. The van der Waals surface area contributed by atoms with Crippen molar-refractivity contribution in [3.8, 4) is 0 Å². The molecule has 0 aliphatic heterocycles. The Kier molecular flexibility index (Phi) is 3.08. The van der Waals surface area contributed by atoms with Crippen LogP contribution in [0.1, 0.15) is 11.1 Å². The smallest absolute Gasteiger partial charge is 0.0472 e. The summed E-state index contributed by atoms with van der Waals surface area (Å²) in [5, 5.41) is 8.72. The molecule has 0 saturated heterocycles. The van der Waals surface area contributed by atoms with Crippen LogP contribution in [0.3, 0.4) is 0 Å². The van der Waals surface area contributed by atoms with E-state index in [-0.39, 0.29) is 6.61 Å². The van der Waals surface area contributed by atoms with Crippen LogP contribution in [0.2, 0.25) is 0 Å². The van der Waals surface area contributed by atoms with E-state index >= 15 is 0 Å². The minimum absolute atomic E-state index is 0.123. The number of nitrogen functional groups attached to an aromatic ring is 1. The van der Waals surface area contributed by atoms with Gasteiger partial charge in [-0.1, -0.05) is 12.1 Å². The molecule has 1 aromatic rings. The first-order valence-corrected chi connectivity index (χ1v) is 3.96. The van der Waals surface area contributed by atoms with Crippen LogP contribution in [0.4, 0.5) is 5.69 Å². The molecule has 0 heterocycles. The van der Waals surface area contributed by atoms with Crippen molar-refractivity contribution in [2.75, 3.05) is 12.3 Å². The van der Waals surface area contributed by atoms with Gasteiger partial charge in [0.25, 0.3) is 0 Å². The van der Waals surface area contributed by atoms with Crippen molar-refractivity contribution >= 4 is 5.69 Å². The summed E-state index contributed by atoms with van der Waals surface area (Å²) in [6, 6.07) is 5.66. The molecule has 3 heteroatoms. The van der Waals surface area contributed by atoms with Crippen molar-refractivity contribution in [2.24, 2.45) is 5.73 Å². The SMILES string of the molecule is NCc1ccc(N)c(CCO)c1. The molecule has 0 aliphatic rings. The number of nitrogens with two attached hydrogens (primary N) is 2. The van der Waals surface area contributed by atoms with Crippen LogP contribution in [-0.2, 0) is 13.0 Å². The van der Waals surface area contributed by atoms with E-state index in [0.29, 0.717) is 13.0 Å². The summed E-state index contributed by atoms with van der Waals surface area (Å²) in [4.78, 5) is 0. The molecule has 0 aliphatic carbocycles. The van der Waals surface area contributed by atoms with Gasteiger partial charge in [-0.25, -0.2) is 0 Å². The third-order valence-corrected chi connectivity index (χ3v) is 1.82. The quantitative estimate of drug-likeness (QED) is 0.564. The zero-order valence-electron chi connectivity index (χ0n) is 6.96. The number of benzene rings is 1. The number of hydrogen-bond acceptors (Lipinski definition) is 3. The molecule has 12 heavy (non-hydrogen) atoms. The zero-order chi connectivity index (χ0) is 8.97. The summed E-state index contributed by atoms with van der Waals surface area (Å²) in [6.45, 7) is 0.636. The lowest BCUT2D eigenvalue weighted by molar-refractivity contribution is 0.300. The summed E-state index contributed by atoms with van der Waals surface area (Å²) in [5.41, 5.74) is 13.9. The fraction of sp³-hybridized carbons (Fsp3) is 0.333. The van der Waals surface area contributed by atoms with E-state index < -0.39 is 0 Å². The Bertz CT molecular complexity index is 261. The second kappa shape index (κ2) is 4.09. The van der Waals surface area contributed by atoms with E-state index in [1.807, 2.05) is 18.2 Å². The van der Waals surface area contributed by atoms with Gasteiger partial charge in [-0.15, -0.1) is 0 Å². The first-order valence-electron chi connectivity index (χ1n) is 3.96. The summed E-state index contributed by atoms with van der Waals surface area (Å²) >= 11 is 0. The lowest BCUT2D eigenvalue weighted by atomic mass is 10.1. The fourth-order valence-corrected chi connectivity index (χ4v) is 1.12. The Morgan fingerprint density at radius 1 is 1.33 bits per heavy atom. The third-order valence-electron chi connectivity index (χ3n) is 1.82. The van der Waals surface area contributed by atoms with Gasteiger partial charge in [0.2, 0.25) is 0 Å². The van der Waals surface area contributed by atoms with Crippen LogP contribution < -0.4 is 11.5 Å². The average molecular weight is 166 g/mol. The van der Waals surface area contributed by atoms with Crippen LogP contribution in [0, 0.1) is 0 Å². The summed E-state index contributed by atoms with van der Waals surface area (Å²) in [7, 11) is 0. The predicted molar refractivity (Wildman–Crippen MR) is 49.5 cm³/mol. The molecule has 0 bridgehead atoms. The topological polar surface area (TPSA) is 72.3 Å². The summed E-state index contributed by atoms with van der Waals surface area (Å²) in [5.74, 6) is 0. The number of rotatable bonds is 3. The minimum atomic E-state index is 0.123. The highest BCUT2D eigenvalue weighted by atomic mass is 16.2. The molecule has 66 valence electrons. The van der Waals surface area contributed by atoms with Gasteiger partial charge in [0.15, 0.2) is 0 Å². The van der Waals surface area contributed by atoms with Crippen LogP contribution in [-0.4, -0.2) is 11.7 Å². The maximum absolute atomic E-state index is 8.72. The van der Waals surface area contributed by atoms with Gasteiger partial charge in [0.05, 0.1) is 0 Å². The van der Waals surface area contributed by atoms with E-state index in [9.17, 15) is 0 Å². The van der Waals surface area contributed by atoms with Gasteiger partial charge in [-0.3, -0.25) is 0 Å². The van der Waals surface area contributed by atoms with Gasteiger partial charge in [0, 0.05) is 18.8 Å². The van der Waals surface area contributed by atoms with Crippen molar-refractivity contribution in [1.29, 1.82) is 0 Å². The molecule has 0 fully saturated rings. The molecule has 0 spiro atoms. The van der Waals surface area contributed by atoms with Crippen LogP contribution in [0.15, 0.2) is 18.2 Å². The molecule has 0 aromatic heterocycles. The third kappa shape index (κ3) is 1.96. The fourth-order valence-electron chi connectivity index (χ4n) is 1.12. The highest BCUT2D eigenvalue weighted by Gasteiger charge is 1.98. The number of anilines is 1. The van der Waals surface area contributed by atoms with Crippen molar-refractivity contribution in [3.63, 3.8) is 0 Å². The summed E-state index contributed by atoms with van der Waals surface area (Å²) in [6.07, 6.45) is 0.597. The van der Waals surface area contributed by atoms with Gasteiger partial charge in [-0.05, 0) is 23.6 Å². The first kappa shape index (κ1) is 9.03. The maximum atomic E-state index is 8.72. The number of hydrogen-bond donors (Lipinski definition) is 3. The van der Waals surface area contributed by atoms with Crippen molar-refractivity contribution in [3.05, 3.63) is 29.3 Å². The second-order valence-corrected chi connectivity index (χ2v) is 2.71. The highest BCUT2D eigenvalue weighted by molar-refractivity contribution is 5.48. The lowest BCUT2D eigenvalue weighted by Crippen LogP contribution is -2.02. The van der Waals surface area contributed by atoms with Crippen LogP contribution in [0.5, 0.6) is 0 Å². The Labute approximate surface area is 72.0 Å². The first-order chi connectivity index (χ1) is 5.77. The van der Waals surface area contributed by atoms with E-state index in [0.717, 1.165) is 16.8 Å². The molecule has 0 saturated carbocycles. The normalized spacial score (nSPS) is 10.2. The number of aliphatic hydroxyl groups excluding tert-OH is 1. The van der Waals surface area contributed by atoms with Crippen molar-refractivity contribution < 1.29 is 5.11 Å². The molecule has 0 amide bonds. The minimum Gasteiger partial charge on any atom is -0.399 e. The van der Waals surface area contributed by atoms with E-state index in [1.165, 1.54) is 0 Å². The molecule has 5 N–H and O–H groups in total. The standard InChI is InChI=1S/C9H14N2O/c10-6-7-1-2-9(11)8(5-7)3-4-12/h1-2,5,12H,3-4,6,10-11H2. The van der Waals surface area contributed by atoms with E-state index in [2.05, 4.69) is 0 Å². The maximum Gasteiger partial charge on any atom is 0.0472 e. The Morgan fingerprint density at radius 3 is 2.67 bits per heavy atom. The van der Waals surface area contributed by atoms with Gasteiger partial charge in [0.1, 0.15) is 0 Å². The molecule has 0 atom stereocenters. The van der Waals surface area contributed by atoms with E-state index in [4.69, 9.17) is 16.6 Å². The number of aliphatic hydroxyl groups is 1. The molecule has 0 unspecified atom stereocenters. The Morgan fingerprint density at radius 2 is 2.08 bits per heavy atom. The molecular weight excluding hydrogens is 152 g/mol. The largest absolute Gasteiger partial charge is 0.399 e. The molecule has 1 aromatic carbocycles. The van der Waals surface area contributed by atoms with Crippen molar-refractivity contribution in [2.45, 2.75) is 13.0 Å². The zero-order valence-corrected chi connectivity index (χ0v) is 6.96. The summed E-state index contributed by atoms with van der Waals surface area (Å²) < 4.78 is 0. The lowest BCUT2D eigenvalue weighted by Gasteiger charge is -2.05. The molecule has 3 nitrogen and oxygen atoms in total. The van der Waals surface area contributed by atoms with E-state index in [1.54, 1.807) is 0 Å². The molecule has 1 rings (SSSR count).